The third kappa shape index (κ3) is 4.49. The van der Waals surface area contributed by atoms with E-state index < -0.39 is 16.8 Å². The summed E-state index contributed by atoms with van der Waals surface area (Å²) in [5, 5.41) is 19.6. The molecule has 1 aromatic rings. The fourth-order valence-corrected chi connectivity index (χ4v) is 1.78. The predicted octanol–water partition coefficient (Wildman–Crippen LogP) is 2.17. The second kappa shape index (κ2) is 6.83. The number of hydrogen-bond acceptors (Lipinski definition) is 5. The molecule has 0 aromatic carbocycles. The van der Waals surface area contributed by atoms with Crippen molar-refractivity contribution in [3.8, 4) is 0 Å². The second-order valence-electron chi connectivity index (χ2n) is 5.17. The van der Waals surface area contributed by atoms with Gasteiger partial charge in [0.05, 0.1) is 10.8 Å². The van der Waals surface area contributed by atoms with Gasteiger partial charge in [-0.3, -0.25) is 14.9 Å². The van der Waals surface area contributed by atoms with Gasteiger partial charge in [0.1, 0.15) is 12.0 Å². The zero-order valence-corrected chi connectivity index (χ0v) is 11.8. The minimum absolute atomic E-state index is 0.0791. The summed E-state index contributed by atoms with van der Waals surface area (Å²) in [4.78, 5) is 26.9. The molecule has 0 bridgehead atoms. The Morgan fingerprint density at radius 2 is 2.05 bits per heavy atom. The quantitative estimate of drug-likeness (QED) is 0.607. The number of pyridine rings is 1. The van der Waals surface area contributed by atoms with E-state index in [4.69, 9.17) is 5.11 Å². The van der Waals surface area contributed by atoms with Crippen LogP contribution in [0.25, 0.3) is 0 Å². The van der Waals surface area contributed by atoms with Gasteiger partial charge in [0.25, 0.3) is 5.69 Å². The molecule has 0 saturated heterocycles. The first-order valence-corrected chi connectivity index (χ1v) is 6.39. The fraction of sp³-hybridized carbons (Fsp3) is 0.538. The number of carbonyl (C=O) groups is 1. The molecule has 7 nitrogen and oxygen atoms in total. The third-order valence-corrected chi connectivity index (χ3v) is 2.77. The molecule has 1 unspecified atom stereocenters. The minimum atomic E-state index is -0.874. The highest BCUT2D eigenvalue weighted by atomic mass is 16.6. The van der Waals surface area contributed by atoms with Gasteiger partial charge in [-0.1, -0.05) is 20.8 Å². The van der Waals surface area contributed by atoms with E-state index in [0.717, 1.165) is 0 Å². The molecule has 0 aliphatic heterocycles. The van der Waals surface area contributed by atoms with E-state index in [1.807, 2.05) is 18.7 Å². The molecule has 1 N–H and O–H groups in total. The zero-order chi connectivity index (χ0) is 15.3. The van der Waals surface area contributed by atoms with Crippen LogP contribution >= 0.6 is 0 Å². The molecule has 1 aromatic heterocycles. The van der Waals surface area contributed by atoms with Crippen LogP contribution in [0.3, 0.4) is 0 Å². The molecule has 7 heteroatoms. The Balaban J connectivity index is 2.92. The fourth-order valence-electron chi connectivity index (χ4n) is 1.78. The van der Waals surface area contributed by atoms with Gasteiger partial charge in [-0.25, -0.2) is 4.98 Å². The van der Waals surface area contributed by atoms with Crippen LogP contribution in [0.2, 0.25) is 0 Å². The average molecular weight is 281 g/mol. The lowest BCUT2D eigenvalue weighted by atomic mass is 10.1. The molecule has 0 aliphatic carbocycles. The molecule has 0 aliphatic rings. The molecular weight excluding hydrogens is 262 g/mol. The number of anilines is 1. The van der Waals surface area contributed by atoms with Crippen molar-refractivity contribution in [2.45, 2.75) is 20.8 Å². The Labute approximate surface area is 117 Å². The lowest BCUT2D eigenvalue weighted by Crippen LogP contribution is -2.35. The summed E-state index contributed by atoms with van der Waals surface area (Å²) >= 11 is 0. The van der Waals surface area contributed by atoms with E-state index in [1.54, 1.807) is 13.0 Å². The highest BCUT2D eigenvalue weighted by Gasteiger charge is 2.19. The first-order chi connectivity index (χ1) is 9.31. The maximum absolute atomic E-state index is 11.0. The Bertz CT molecular complexity index is 473. The van der Waals surface area contributed by atoms with Gasteiger partial charge >= 0.3 is 5.97 Å². The normalized spacial score (nSPS) is 12.2. The van der Waals surface area contributed by atoms with Crippen LogP contribution in [0.1, 0.15) is 20.8 Å². The van der Waals surface area contributed by atoms with Crippen molar-refractivity contribution >= 4 is 17.5 Å². The van der Waals surface area contributed by atoms with Crippen LogP contribution in [0.4, 0.5) is 11.5 Å². The molecule has 0 amide bonds. The van der Waals surface area contributed by atoms with Crippen molar-refractivity contribution in [3.05, 3.63) is 28.4 Å². The molecular formula is C13H19N3O4. The van der Waals surface area contributed by atoms with Gasteiger partial charge in [-0.15, -0.1) is 0 Å². The summed E-state index contributed by atoms with van der Waals surface area (Å²) in [6, 6.07) is 2.93. The van der Waals surface area contributed by atoms with E-state index in [-0.39, 0.29) is 5.69 Å². The Kier molecular flexibility index (Phi) is 5.42. The Morgan fingerprint density at radius 1 is 1.40 bits per heavy atom. The lowest BCUT2D eigenvalue weighted by Gasteiger charge is -2.27. The summed E-state index contributed by atoms with van der Waals surface area (Å²) in [7, 11) is 0. The number of hydrogen-bond donors (Lipinski definition) is 1. The van der Waals surface area contributed by atoms with Crippen LogP contribution in [0.15, 0.2) is 18.3 Å². The highest BCUT2D eigenvalue weighted by Crippen LogP contribution is 2.18. The summed E-state index contributed by atoms with van der Waals surface area (Å²) in [5.74, 6) is -0.531. The van der Waals surface area contributed by atoms with Crippen LogP contribution in [0.5, 0.6) is 0 Å². The molecule has 20 heavy (non-hydrogen) atoms. The van der Waals surface area contributed by atoms with Crippen molar-refractivity contribution in [2.75, 3.05) is 18.0 Å². The summed E-state index contributed by atoms with van der Waals surface area (Å²) in [5.41, 5.74) is -0.0791. The van der Waals surface area contributed by atoms with Crippen LogP contribution < -0.4 is 4.90 Å². The standard InChI is InChI=1S/C13H19N3O4/c1-9(2)7-15(8-10(3)13(17)18)12-5-4-11(6-14-12)16(19)20/h4-6,9-10H,7-8H2,1-3H3,(H,17,18). The average Bonchev–Trinajstić information content (AvgIpc) is 2.37. The van der Waals surface area contributed by atoms with Gasteiger partial charge in [0, 0.05) is 19.2 Å². The maximum atomic E-state index is 11.0. The van der Waals surface area contributed by atoms with Crippen molar-refractivity contribution in [3.63, 3.8) is 0 Å². The van der Waals surface area contributed by atoms with Crippen LogP contribution in [0, 0.1) is 22.0 Å². The molecule has 1 heterocycles. The first kappa shape index (κ1) is 15.9. The SMILES string of the molecule is CC(C)CN(CC(C)C(=O)O)c1ccc([N+](=O)[O-])cn1. The van der Waals surface area contributed by atoms with E-state index in [9.17, 15) is 14.9 Å². The molecule has 0 radical (unpaired) electrons. The molecule has 110 valence electrons. The van der Waals surface area contributed by atoms with Crippen molar-refractivity contribution in [1.29, 1.82) is 0 Å². The summed E-state index contributed by atoms with van der Waals surface area (Å²) in [6.07, 6.45) is 1.19. The number of carboxylic acid groups (broad SMARTS) is 1. The van der Waals surface area contributed by atoms with Crippen LogP contribution in [-0.2, 0) is 4.79 Å². The number of rotatable bonds is 7. The van der Waals surface area contributed by atoms with Gasteiger partial charge in [0.15, 0.2) is 0 Å². The monoisotopic (exact) mass is 281 g/mol. The first-order valence-electron chi connectivity index (χ1n) is 6.39. The third-order valence-electron chi connectivity index (χ3n) is 2.77. The number of aliphatic carboxylic acids is 1. The molecule has 0 spiro atoms. The van der Waals surface area contributed by atoms with Gasteiger partial charge in [-0.05, 0) is 12.0 Å². The second-order valence-corrected chi connectivity index (χ2v) is 5.17. The topological polar surface area (TPSA) is 96.6 Å². The van der Waals surface area contributed by atoms with Gasteiger partial charge < -0.3 is 10.0 Å². The van der Waals surface area contributed by atoms with E-state index in [2.05, 4.69) is 4.98 Å². The zero-order valence-electron chi connectivity index (χ0n) is 11.8. The Hall–Kier alpha value is -2.18. The molecule has 0 fully saturated rings. The molecule has 1 atom stereocenters. The summed E-state index contributed by atoms with van der Waals surface area (Å²) in [6.45, 7) is 6.62. The lowest BCUT2D eigenvalue weighted by molar-refractivity contribution is -0.385. The van der Waals surface area contributed by atoms with Crippen molar-refractivity contribution < 1.29 is 14.8 Å². The van der Waals surface area contributed by atoms with Crippen LogP contribution in [-0.4, -0.2) is 34.1 Å². The van der Waals surface area contributed by atoms with E-state index in [0.29, 0.717) is 24.8 Å². The van der Waals surface area contributed by atoms with Crippen molar-refractivity contribution in [2.24, 2.45) is 11.8 Å². The number of nitrogens with zero attached hydrogens (tertiary/aromatic N) is 3. The molecule has 1 rings (SSSR count). The Morgan fingerprint density at radius 3 is 2.45 bits per heavy atom. The molecule has 0 saturated carbocycles. The number of aromatic nitrogens is 1. The van der Waals surface area contributed by atoms with E-state index in [1.165, 1.54) is 12.3 Å². The van der Waals surface area contributed by atoms with E-state index >= 15 is 0 Å². The summed E-state index contributed by atoms with van der Waals surface area (Å²) < 4.78 is 0. The highest BCUT2D eigenvalue weighted by molar-refractivity contribution is 5.70. The maximum Gasteiger partial charge on any atom is 0.308 e. The van der Waals surface area contributed by atoms with Gasteiger partial charge in [-0.2, -0.15) is 0 Å². The minimum Gasteiger partial charge on any atom is -0.481 e. The van der Waals surface area contributed by atoms with Crippen molar-refractivity contribution in [1.82, 2.24) is 4.98 Å². The smallest absolute Gasteiger partial charge is 0.308 e. The number of nitro groups is 1. The van der Waals surface area contributed by atoms with Gasteiger partial charge in [0.2, 0.25) is 0 Å². The number of carboxylic acids is 1. The predicted molar refractivity (Wildman–Crippen MR) is 74.7 cm³/mol. The largest absolute Gasteiger partial charge is 0.481 e.